The molecule has 0 aromatic heterocycles. The maximum absolute atomic E-state index is 11.9. The summed E-state index contributed by atoms with van der Waals surface area (Å²) in [4.78, 5) is 0. The van der Waals surface area contributed by atoms with Crippen LogP contribution in [0.5, 0.6) is 0 Å². The Kier molecular flexibility index (Phi) is 4.92. The maximum atomic E-state index is 11.9. The van der Waals surface area contributed by atoms with Crippen LogP contribution in [0.3, 0.4) is 0 Å². The summed E-state index contributed by atoms with van der Waals surface area (Å²) >= 11 is 0. The second kappa shape index (κ2) is 6.00. The number of para-hydroxylation sites is 1. The number of nitrogens with two attached hydrogens (primary N) is 1. The van der Waals surface area contributed by atoms with Crippen LogP contribution in [0, 0.1) is 6.92 Å². The summed E-state index contributed by atoms with van der Waals surface area (Å²) in [6.45, 7) is 2.75. The molecule has 0 aliphatic heterocycles. The minimum absolute atomic E-state index is 0.414. The van der Waals surface area contributed by atoms with Crippen LogP contribution in [0.15, 0.2) is 24.3 Å². The maximum Gasteiger partial charge on any atom is 0.301 e. The van der Waals surface area contributed by atoms with Crippen molar-refractivity contribution in [3.63, 3.8) is 0 Å². The minimum Gasteiger partial charge on any atom is -0.330 e. The van der Waals surface area contributed by atoms with E-state index in [2.05, 4.69) is 4.72 Å². The van der Waals surface area contributed by atoms with Gasteiger partial charge in [-0.1, -0.05) is 18.2 Å². The van der Waals surface area contributed by atoms with Gasteiger partial charge in [0, 0.05) is 13.6 Å². The van der Waals surface area contributed by atoms with Crippen LogP contribution in [0.1, 0.15) is 12.0 Å². The highest BCUT2D eigenvalue weighted by Gasteiger charge is 2.17. The smallest absolute Gasteiger partial charge is 0.301 e. The van der Waals surface area contributed by atoms with Crippen molar-refractivity contribution in [2.75, 3.05) is 24.9 Å². The lowest BCUT2D eigenvalue weighted by Crippen LogP contribution is -2.34. The third kappa shape index (κ3) is 3.99. The van der Waals surface area contributed by atoms with Crippen LogP contribution >= 0.6 is 0 Å². The second-order valence-corrected chi connectivity index (χ2v) is 5.66. The minimum atomic E-state index is -3.48. The Hall–Kier alpha value is -1.11. The Morgan fingerprint density at radius 3 is 2.59 bits per heavy atom. The van der Waals surface area contributed by atoms with Gasteiger partial charge in [0.1, 0.15) is 0 Å². The Morgan fingerprint density at radius 1 is 1.35 bits per heavy atom. The molecule has 0 aliphatic carbocycles. The van der Waals surface area contributed by atoms with Crippen molar-refractivity contribution in [1.82, 2.24) is 4.31 Å². The topological polar surface area (TPSA) is 75.4 Å². The normalized spacial score (nSPS) is 11.8. The Labute approximate surface area is 103 Å². The molecule has 0 saturated carbocycles. The molecular weight excluding hydrogens is 238 g/mol. The van der Waals surface area contributed by atoms with Crippen molar-refractivity contribution in [1.29, 1.82) is 0 Å². The third-order valence-electron chi connectivity index (χ3n) is 2.47. The van der Waals surface area contributed by atoms with Gasteiger partial charge in [0.25, 0.3) is 0 Å². The van der Waals surface area contributed by atoms with Crippen molar-refractivity contribution in [3.8, 4) is 0 Å². The molecule has 0 radical (unpaired) electrons. The molecule has 0 aliphatic rings. The molecule has 6 heteroatoms. The van der Waals surface area contributed by atoms with Gasteiger partial charge in [-0.25, -0.2) is 0 Å². The summed E-state index contributed by atoms with van der Waals surface area (Å²) < 4.78 is 27.7. The van der Waals surface area contributed by atoms with Crippen molar-refractivity contribution in [2.45, 2.75) is 13.3 Å². The van der Waals surface area contributed by atoms with Crippen molar-refractivity contribution in [3.05, 3.63) is 29.8 Å². The monoisotopic (exact) mass is 257 g/mol. The third-order valence-corrected chi connectivity index (χ3v) is 3.95. The fourth-order valence-corrected chi connectivity index (χ4v) is 2.37. The molecule has 96 valence electrons. The molecule has 0 saturated heterocycles. The average Bonchev–Trinajstić information content (AvgIpc) is 2.28. The van der Waals surface area contributed by atoms with Gasteiger partial charge in [-0.15, -0.1) is 0 Å². The van der Waals surface area contributed by atoms with E-state index in [0.29, 0.717) is 25.2 Å². The zero-order chi connectivity index (χ0) is 12.9. The van der Waals surface area contributed by atoms with E-state index in [1.807, 2.05) is 19.1 Å². The van der Waals surface area contributed by atoms with Crippen LogP contribution in [0.2, 0.25) is 0 Å². The zero-order valence-electron chi connectivity index (χ0n) is 10.2. The molecule has 1 rings (SSSR count). The van der Waals surface area contributed by atoms with Crippen LogP contribution in [0.25, 0.3) is 0 Å². The standard InChI is InChI=1S/C11H19N3O2S/c1-10-6-3-4-7-11(10)13-17(15,16)14(2)9-5-8-12/h3-4,6-7,13H,5,8-9,12H2,1-2H3. The lowest BCUT2D eigenvalue weighted by molar-refractivity contribution is 0.468. The second-order valence-electron chi connectivity index (χ2n) is 3.89. The lowest BCUT2D eigenvalue weighted by Gasteiger charge is -2.18. The van der Waals surface area contributed by atoms with Crippen molar-refractivity contribution >= 4 is 15.9 Å². The molecule has 1 aromatic rings. The first kappa shape index (κ1) is 14.0. The summed E-state index contributed by atoms with van der Waals surface area (Å²) in [5, 5.41) is 0. The molecule has 0 amide bonds. The van der Waals surface area contributed by atoms with Crippen LogP contribution in [-0.4, -0.2) is 32.9 Å². The van der Waals surface area contributed by atoms with Gasteiger partial charge >= 0.3 is 10.2 Å². The van der Waals surface area contributed by atoms with Gasteiger partial charge in [-0.3, -0.25) is 4.72 Å². The molecule has 5 nitrogen and oxygen atoms in total. The van der Waals surface area contributed by atoms with Gasteiger partial charge in [-0.2, -0.15) is 12.7 Å². The van der Waals surface area contributed by atoms with E-state index >= 15 is 0 Å². The van der Waals surface area contributed by atoms with Crippen molar-refractivity contribution in [2.24, 2.45) is 5.73 Å². The number of benzene rings is 1. The molecule has 1 aromatic carbocycles. The predicted molar refractivity (Wildman–Crippen MR) is 70.0 cm³/mol. The molecule has 0 spiro atoms. The Bertz CT molecular complexity index is 460. The summed E-state index contributed by atoms with van der Waals surface area (Å²) in [5.41, 5.74) is 6.85. The predicted octanol–water partition coefficient (Wildman–Crippen LogP) is 0.932. The molecule has 0 heterocycles. The van der Waals surface area contributed by atoms with E-state index in [-0.39, 0.29) is 0 Å². The summed E-state index contributed by atoms with van der Waals surface area (Å²) in [6, 6.07) is 7.26. The van der Waals surface area contributed by atoms with E-state index in [9.17, 15) is 8.42 Å². The van der Waals surface area contributed by atoms with Crippen LogP contribution < -0.4 is 10.5 Å². The largest absolute Gasteiger partial charge is 0.330 e. The number of nitrogens with zero attached hydrogens (tertiary/aromatic N) is 1. The number of rotatable bonds is 6. The van der Waals surface area contributed by atoms with E-state index in [4.69, 9.17) is 5.73 Å². The van der Waals surface area contributed by atoms with Crippen LogP contribution in [-0.2, 0) is 10.2 Å². The summed E-state index contributed by atoms with van der Waals surface area (Å²) in [7, 11) is -1.94. The highest BCUT2D eigenvalue weighted by atomic mass is 32.2. The Morgan fingerprint density at radius 2 is 2.00 bits per heavy atom. The van der Waals surface area contributed by atoms with E-state index in [1.54, 1.807) is 12.1 Å². The molecule has 3 N–H and O–H groups in total. The first-order chi connectivity index (χ1) is 7.97. The number of hydrogen-bond acceptors (Lipinski definition) is 3. The number of anilines is 1. The molecule has 0 bridgehead atoms. The fourth-order valence-electron chi connectivity index (χ4n) is 1.34. The van der Waals surface area contributed by atoms with Crippen molar-refractivity contribution < 1.29 is 8.42 Å². The average molecular weight is 257 g/mol. The highest BCUT2D eigenvalue weighted by Crippen LogP contribution is 2.15. The molecule has 0 unspecified atom stereocenters. The van der Waals surface area contributed by atoms with Gasteiger partial charge < -0.3 is 5.73 Å². The molecule has 17 heavy (non-hydrogen) atoms. The SMILES string of the molecule is Cc1ccccc1NS(=O)(=O)N(C)CCCN. The molecule has 0 atom stereocenters. The first-order valence-corrected chi connectivity index (χ1v) is 6.91. The van der Waals surface area contributed by atoms with Crippen LogP contribution in [0.4, 0.5) is 5.69 Å². The zero-order valence-corrected chi connectivity index (χ0v) is 11.0. The van der Waals surface area contributed by atoms with Gasteiger partial charge in [0.05, 0.1) is 5.69 Å². The first-order valence-electron chi connectivity index (χ1n) is 5.47. The molecular formula is C11H19N3O2S. The summed E-state index contributed by atoms with van der Waals surface area (Å²) in [5.74, 6) is 0. The van der Waals surface area contributed by atoms with Gasteiger partial charge in [0.2, 0.25) is 0 Å². The fraction of sp³-hybridized carbons (Fsp3) is 0.455. The van der Waals surface area contributed by atoms with E-state index in [0.717, 1.165) is 5.56 Å². The highest BCUT2D eigenvalue weighted by molar-refractivity contribution is 7.90. The number of hydrogen-bond donors (Lipinski definition) is 2. The molecule has 0 fully saturated rings. The van der Waals surface area contributed by atoms with Gasteiger partial charge in [0.15, 0.2) is 0 Å². The number of nitrogens with one attached hydrogen (secondary N) is 1. The number of aryl methyl sites for hydroxylation is 1. The van der Waals surface area contributed by atoms with Gasteiger partial charge in [-0.05, 0) is 31.5 Å². The lowest BCUT2D eigenvalue weighted by atomic mass is 10.2. The Balaban J connectivity index is 2.76. The van der Waals surface area contributed by atoms with E-state index < -0.39 is 10.2 Å². The quantitative estimate of drug-likeness (QED) is 0.796. The summed E-state index contributed by atoms with van der Waals surface area (Å²) in [6.07, 6.45) is 0.644. The van der Waals surface area contributed by atoms with E-state index in [1.165, 1.54) is 11.4 Å².